The quantitative estimate of drug-likeness (QED) is 0.378. The molecule has 0 fully saturated rings. The van der Waals surface area contributed by atoms with E-state index in [0.717, 1.165) is 10.4 Å². The lowest BCUT2D eigenvalue weighted by Gasteiger charge is -2.26. The molecule has 0 saturated heterocycles. The van der Waals surface area contributed by atoms with Gasteiger partial charge in [-0.2, -0.15) is 0 Å². The van der Waals surface area contributed by atoms with Crippen molar-refractivity contribution in [1.29, 1.82) is 0 Å². The van der Waals surface area contributed by atoms with Gasteiger partial charge in [-0.3, -0.25) is 9.36 Å². The molecular formula is C27H20N2O5S2. The van der Waals surface area contributed by atoms with E-state index in [0.29, 0.717) is 37.7 Å². The molecule has 6 rings (SSSR count). The highest BCUT2D eigenvalue weighted by Gasteiger charge is 2.36. The number of nitrogens with zero attached hydrogens (tertiary/aromatic N) is 2. The summed E-state index contributed by atoms with van der Waals surface area (Å²) in [4.78, 5) is 33.6. The summed E-state index contributed by atoms with van der Waals surface area (Å²) < 4.78 is 18.7. The average molecular weight is 517 g/mol. The lowest BCUT2D eigenvalue weighted by atomic mass is 9.93. The smallest absolute Gasteiger partial charge is 0.338 e. The second kappa shape index (κ2) is 9.25. The van der Waals surface area contributed by atoms with Gasteiger partial charge in [-0.1, -0.05) is 53.8 Å². The molecule has 0 N–H and O–H groups in total. The highest BCUT2D eigenvalue weighted by atomic mass is 32.1. The Bertz CT molecular complexity index is 1670. The zero-order valence-electron chi connectivity index (χ0n) is 19.2. The van der Waals surface area contributed by atoms with Crippen molar-refractivity contribution in [3.8, 4) is 11.5 Å². The molecule has 0 saturated carbocycles. The molecule has 0 aliphatic carbocycles. The average Bonchev–Trinajstić information content (AvgIpc) is 3.65. The number of carbonyl (C=O) groups excluding carboxylic acids is 1. The first-order chi connectivity index (χ1) is 17.6. The maximum absolute atomic E-state index is 13.8. The first-order valence-electron chi connectivity index (χ1n) is 11.4. The topological polar surface area (TPSA) is 79.1 Å². The van der Waals surface area contributed by atoms with Gasteiger partial charge >= 0.3 is 5.97 Å². The van der Waals surface area contributed by atoms with Crippen LogP contribution < -0.4 is 24.4 Å². The Hall–Kier alpha value is -3.95. The van der Waals surface area contributed by atoms with Crippen molar-refractivity contribution in [2.24, 2.45) is 4.99 Å². The molecule has 0 radical (unpaired) electrons. The number of fused-ring (bicyclic) bond motifs is 2. The van der Waals surface area contributed by atoms with E-state index in [-0.39, 0.29) is 19.0 Å². The number of hydrogen-bond acceptors (Lipinski definition) is 8. The van der Waals surface area contributed by atoms with Gasteiger partial charge in [-0.15, -0.1) is 11.3 Å². The molecule has 7 nitrogen and oxygen atoms in total. The Kier molecular flexibility index (Phi) is 5.79. The third kappa shape index (κ3) is 3.86. The van der Waals surface area contributed by atoms with Crippen molar-refractivity contribution in [1.82, 2.24) is 4.57 Å². The van der Waals surface area contributed by atoms with Gasteiger partial charge in [0.15, 0.2) is 16.3 Å². The third-order valence-electron chi connectivity index (χ3n) is 5.90. The van der Waals surface area contributed by atoms with E-state index in [4.69, 9.17) is 19.2 Å². The molecule has 180 valence electrons. The maximum Gasteiger partial charge on any atom is 0.338 e. The number of carbonyl (C=O) groups is 1. The van der Waals surface area contributed by atoms with Crippen LogP contribution in [0.5, 0.6) is 11.5 Å². The maximum atomic E-state index is 13.8. The van der Waals surface area contributed by atoms with Crippen molar-refractivity contribution in [2.75, 3.05) is 13.4 Å². The van der Waals surface area contributed by atoms with Gasteiger partial charge in [-0.25, -0.2) is 9.79 Å². The molecule has 4 aromatic rings. The molecule has 2 aromatic heterocycles. The van der Waals surface area contributed by atoms with E-state index in [1.165, 1.54) is 11.3 Å². The second-order valence-electron chi connectivity index (χ2n) is 8.06. The van der Waals surface area contributed by atoms with Crippen LogP contribution in [0.3, 0.4) is 0 Å². The third-order valence-corrected chi connectivity index (χ3v) is 7.70. The largest absolute Gasteiger partial charge is 0.463 e. The van der Waals surface area contributed by atoms with E-state index in [1.54, 1.807) is 28.9 Å². The summed E-state index contributed by atoms with van der Waals surface area (Å²) in [5.74, 6) is 0.666. The minimum Gasteiger partial charge on any atom is -0.463 e. The monoisotopic (exact) mass is 516 g/mol. The number of benzene rings is 2. The van der Waals surface area contributed by atoms with Gasteiger partial charge in [0.2, 0.25) is 6.79 Å². The zero-order valence-corrected chi connectivity index (χ0v) is 20.8. The van der Waals surface area contributed by atoms with Gasteiger partial charge in [0.05, 0.1) is 28.5 Å². The Balaban J connectivity index is 1.66. The van der Waals surface area contributed by atoms with E-state index in [1.807, 2.05) is 66.1 Å². The number of hydrogen-bond donors (Lipinski definition) is 0. The van der Waals surface area contributed by atoms with Gasteiger partial charge in [0.25, 0.3) is 5.56 Å². The van der Waals surface area contributed by atoms with Crippen molar-refractivity contribution in [3.05, 3.63) is 107 Å². The van der Waals surface area contributed by atoms with E-state index < -0.39 is 12.0 Å². The second-order valence-corrected chi connectivity index (χ2v) is 10.0. The van der Waals surface area contributed by atoms with Gasteiger partial charge < -0.3 is 14.2 Å². The highest BCUT2D eigenvalue weighted by molar-refractivity contribution is 7.11. The van der Waals surface area contributed by atoms with Crippen molar-refractivity contribution in [2.45, 2.75) is 13.0 Å². The lowest BCUT2D eigenvalue weighted by Crippen LogP contribution is -2.40. The van der Waals surface area contributed by atoms with Gasteiger partial charge in [-0.05, 0) is 42.1 Å². The summed E-state index contributed by atoms with van der Waals surface area (Å²) in [6.45, 7) is 2.08. The zero-order chi connectivity index (χ0) is 24.6. The summed E-state index contributed by atoms with van der Waals surface area (Å²) in [7, 11) is 0. The molecule has 0 spiro atoms. The Labute approximate surface area is 213 Å². The molecule has 0 amide bonds. The molecule has 9 heteroatoms. The fraction of sp³-hybridized carbons (Fsp3) is 0.148. The van der Waals surface area contributed by atoms with Crippen LogP contribution in [0.25, 0.3) is 11.8 Å². The minimum atomic E-state index is -0.754. The predicted octanol–water partition coefficient (Wildman–Crippen LogP) is 3.73. The van der Waals surface area contributed by atoms with Crippen LogP contribution >= 0.6 is 22.7 Å². The molecule has 2 aromatic carbocycles. The lowest BCUT2D eigenvalue weighted by molar-refractivity contribution is -0.138. The summed E-state index contributed by atoms with van der Waals surface area (Å²) in [5, 5.41) is 1.96. The number of ether oxygens (including phenoxy) is 3. The number of thiazole rings is 1. The molecular weight excluding hydrogens is 496 g/mol. The molecule has 36 heavy (non-hydrogen) atoms. The molecule has 0 bridgehead atoms. The van der Waals surface area contributed by atoms with Crippen molar-refractivity contribution in [3.63, 3.8) is 0 Å². The fourth-order valence-electron chi connectivity index (χ4n) is 4.34. The van der Waals surface area contributed by atoms with E-state index in [2.05, 4.69) is 0 Å². The molecule has 2 aliphatic rings. The number of thiophene rings is 1. The Morgan fingerprint density at radius 3 is 2.75 bits per heavy atom. The molecule has 4 heterocycles. The van der Waals surface area contributed by atoms with E-state index >= 15 is 0 Å². The van der Waals surface area contributed by atoms with Crippen LogP contribution in [0.4, 0.5) is 0 Å². The van der Waals surface area contributed by atoms with Gasteiger partial charge in [0.1, 0.15) is 0 Å². The van der Waals surface area contributed by atoms with Crippen LogP contribution in [0.1, 0.15) is 29.0 Å². The van der Waals surface area contributed by atoms with Crippen LogP contribution in [0, 0.1) is 0 Å². The molecule has 1 unspecified atom stereocenters. The first kappa shape index (κ1) is 22.5. The van der Waals surface area contributed by atoms with E-state index in [9.17, 15) is 9.59 Å². The summed E-state index contributed by atoms with van der Waals surface area (Å²) in [6, 6.07) is 18.1. The summed E-state index contributed by atoms with van der Waals surface area (Å²) in [6.07, 6.45) is 1.86. The SMILES string of the molecule is CCOC(=O)C1=C(c2ccccc2)N=c2s/c(=C\c3cccs3)c(=O)n2C1c1ccc2c(c1)OCO2. The number of esters is 1. The van der Waals surface area contributed by atoms with Crippen LogP contribution in [0.2, 0.25) is 0 Å². The minimum absolute atomic E-state index is 0.123. The number of rotatable bonds is 5. The van der Waals surface area contributed by atoms with Crippen molar-refractivity contribution >= 4 is 40.4 Å². The highest BCUT2D eigenvalue weighted by Crippen LogP contribution is 2.40. The Morgan fingerprint density at radius 1 is 1.14 bits per heavy atom. The Morgan fingerprint density at radius 2 is 1.97 bits per heavy atom. The van der Waals surface area contributed by atoms with Crippen LogP contribution in [0.15, 0.2) is 81.4 Å². The van der Waals surface area contributed by atoms with Crippen molar-refractivity contribution < 1.29 is 19.0 Å². The normalized spacial score (nSPS) is 16.6. The standard InChI is InChI=1S/C27H20N2O5S2/c1-2-32-26(31)22-23(16-7-4-3-5-8-16)28-27-29(25(30)21(36-27)14-18-9-6-12-35-18)24(22)17-10-11-19-20(13-17)34-15-33-19/h3-14,24H,2,15H2,1H3/b21-14-. The first-order valence-corrected chi connectivity index (χ1v) is 13.0. The molecule has 1 atom stereocenters. The van der Waals surface area contributed by atoms with Gasteiger partial charge in [0, 0.05) is 10.4 Å². The molecule has 2 aliphatic heterocycles. The summed E-state index contributed by atoms with van der Waals surface area (Å²) >= 11 is 2.85. The van der Waals surface area contributed by atoms with Crippen LogP contribution in [-0.4, -0.2) is 23.9 Å². The number of aromatic nitrogens is 1. The summed E-state index contributed by atoms with van der Waals surface area (Å²) in [5.41, 5.74) is 2.04. The fourth-order valence-corrected chi connectivity index (χ4v) is 6.07. The predicted molar refractivity (Wildman–Crippen MR) is 138 cm³/mol. The van der Waals surface area contributed by atoms with Crippen LogP contribution in [-0.2, 0) is 9.53 Å².